The van der Waals surface area contributed by atoms with Gasteiger partial charge in [-0.2, -0.15) is 5.10 Å². The van der Waals surface area contributed by atoms with Crippen molar-refractivity contribution in [3.8, 4) is 11.5 Å². The zero-order chi connectivity index (χ0) is 25.6. The minimum Gasteiger partial charge on any atom is -0.457 e. The molecule has 0 spiro atoms. The monoisotopic (exact) mass is 499 g/mol. The summed E-state index contributed by atoms with van der Waals surface area (Å²) >= 11 is 0. The maximum atomic E-state index is 15.5. The molecule has 6 rings (SSSR count). The molecule has 188 valence electrons. The van der Waals surface area contributed by atoms with Crippen LogP contribution in [0.15, 0.2) is 55.2 Å². The number of piperazine rings is 1. The Balaban J connectivity index is 1.29. The van der Waals surface area contributed by atoms with Crippen molar-refractivity contribution in [2.45, 2.75) is 26.3 Å². The highest BCUT2D eigenvalue weighted by molar-refractivity contribution is 5.88. The van der Waals surface area contributed by atoms with E-state index in [1.54, 1.807) is 41.9 Å². The smallest absolute Gasteiger partial charge is 0.160 e. The number of aromatic nitrogens is 6. The molecule has 1 fully saturated rings. The van der Waals surface area contributed by atoms with Crippen molar-refractivity contribution in [2.75, 3.05) is 29.9 Å². The third-order valence-corrected chi connectivity index (χ3v) is 6.43. The molecule has 0 radical (unpaired) electrons. The number of halogens is 1. The summed E-state index contributed by atoms with van der Waals surface area (Å²) < 4.78 is 23.0. The topological polar surface area (TPSA) is 105 Å². The fraction of sp³-hybridized carbons (Fsp3) is 0.269. The lowest BCUT2D eigenvalue weighted by Crippen LogP contribution is -2.57. The Morgan fingerprint density at radius 3 is 2.84 bits per heavy atom. The van der Waals surface area contributed by atoms with Gasteiger partial charge in [-0.05, 0) is 51.1 Å². The van der Waals surface area contributed by atoms with Crippen molar-refractivity contribution in [1.29, 1.82) is 0 Å². The van der Waals surface area contributed by atoms with Gasteiger partial charge in [-0.25, -0.2) is 28.8 Å². The average Bonchev–Trinajstić information content (AvgIpc) is 3.36. The van der Waals surface area contributed by atoms with Crippen molar-refractivity contribution in [3.05, 3.63) is 66.6 Å². The van der Waals surface area contributed by atoms with Gasteiger partial charge in [-0.1, -0.05) is 0 Å². The van der Waals surface area contributed by atoms with E-state index < -0.39 is 5.82 Å². The van der Waals surface area contributed by atoms with E-state index in [-0.39, 0.29) is 11.2 Å². The van der Waals surface area contributed by atoms with E-state index in [4.69, 9.17) is 9.72 Å². The van der Waals surface area contributed by atoms with Crippen LogP contribution >= 0.6 is 0 Å². The Labute approximate surface area is 212 Å². The molecule has 37 heavy (non-hydrogen) atoms. The Bertz CT molecular complexity index is 1620. The Kier molecular flexibility index (Phi) is 5.56. The van der Waals surface area contributed by atoms with Gasteiger partial charge in [-0.3, -0.25) is 0 Å². The lowest BCUT2D eigenvalue weighted by atomic mass is 10.0. The highest BCUT2D eigenvalue weighted by Gasteiger charge is 2.26. The van der Waals surface area contributed by atoms with Crippen LogP contribution in [0.25, 0.3) is 16.7 Å². The third-order valence-electron chi connectivity index (χ3n) is 6.43. The number of anilines is 3. The van der Waals surface area contributed by atoms with E-state index in [1.807, 2.05) is 12.1 Å². The lowest BCUT2D eigenvalue weighted by molar-refractivity contribution is 0.352. The van der Waals surface area contributed by atoms with Crippen LogP contribution in [0.3, 0.4) is 0 Å². The summed E-state index contributed by atoms with van der Waals surface area (Å²) in [5.74, 6) is 1.78. The fourth-order valence-corrected chi connectivity index (χ4v) is 4.52. The van der Waals surface area contributed by atoms with Crippen molar-refractivity contribution < 1.29 is 9.13 Å². The second kappa shape index (κ2) is 8.93. The first-order valence-corrected chi connectivity index (χ1v) is 12.0. The van der Waals surface area contributed by atoms with Crippen LogP contribution in [0.5, 0.6) is 11.5 Å². The summed E-state index contributed by atoms with van der Waals surface area (Å²) in [5.41, 5.74) is 2.51. The van der Waals surface area contributed by atoms with Crippen LogP contribution < -0.4 is 20.3 Å². The number of hydrogen-bond acceptors (Lipinski definition) is 9. The quantitative estimate of drug-likeness (QED) is 0.367. The molecular formula is C26H26FN9O. The number of benzene rings is 1. The van der Waals surface area contributed by atoms with Gasteiger partial charge in [0.15, 0.2) is 17.3 Å². The first-order valence-electron chi connectivity index (χ1n) is 12.0. The molecule has 0 aliphatic carbocycles. The summed E-state index contributed by atoms with van der Waals surface area (Å²) in [5, 5.41) is 10.7. The van der Waals surface area contributed by atoms with Crippen LogP contribution in [-0.4, -0.2) is 54.7 Å². The van der Waals surface area contributed by atoms with Crippen LogP contribution in [0.4, 0.5) is 21.7 Å². The van der Waals surface area contributed by atoms with Crippen molar-refractivity contribution in [2.24, 2.45) is 0 Å². The second-order valence-electron chi connectivity index (χ2n) is 9.69. The number of ether oxygens (including phenoxy) is 1. The van der Waals surface area contributed by atoms with Crippen molar-refractivity contribution in [1.82, 2.24) is 34.9 Å². The molecule has 0 saturated carbocycles. The molecular weight excluding hydrogens is 473 g/mol. The zero-order valence-electron chi connectivity index (χ0n) is 20.7. The maximum Gasteiger partial charge on any atom is 0.160 e. The summed E-state index contributed by atoms with van der Waals surface area (Å²) in [6, 6.07) is 10.7. The molecule has 5 heterocycles. The maximum absolute atomic E-state index is 15.5. The van der Waals surface area contributed by atoms with Gasteiger partial charge in [0.25, 0.3) is 0 Å². The minimum atomic E-state index is -0.437. The predicted octanol–water partition coefficient (Wildman–Crippen LogP) is 4.24. The van der Waals surface area contributed by atoms with Gasteiger partial charge in [0, 0.05) is 43.0 Å². The van der Waals surface area contributed by atoms with E-state index in [2.05, 4.69) is 49.4 Å². The molecule has 5 aromatic rings. The highest BCUT2D eigenvalue weighted by atomic mass is 19.1. The number of nitrogens with zero attached hydrogens (tertiary/aromatic N) is 7. The zero-order valence-corrected chi connectivity index (χ0v) is 20.7. The SMILES string of the molecule is Cc1c(Oc2ccn3ncnc3c2)ccc(Nc2ncnc3ccc(N4CCNC(C)(C)C4)nc23)c1F. The summed E-state index contributed by atoms with van der Waals surface area (Å²) in [7, 11) is 0. The van der Waals surface area contributed by atoms with Crippen LogP contribution in [0, 0.1) is 12.7 Å². The van der Waals surface area contributed by atoms with Crippen LogP contribution in [-0.2, 0) is 0 Å². The van der Waals surface area contributed by atoms with E-state index in [1.165, 1.54) is 12.7 Å². The van der Waals surface area contributed by atoms with E-state index in [9.17, 15) is 0 Å². The van der Waals surface area contributed by atoms with Crippen molar-refractivity contribution in [3.63, 3.8) is 0 Å². The molecule has 1 saturated heterocycles. The molecule has 0 atom stereocenters. The third kappa shape index (κ3) is 4.49. The standard InChI is InChI=1S/C26H26FN9O/c1-16-20(37-17-8-10-36-22(12-17)29-15-32-36)6-4-18(23(16)27)33-25-24-19(28-14-30-25)5-7-21(34-24)35-11-9-31-26(2,3)13-35/h4-8,10,12,14-15,31H,9,11,13H2,1-3H3,(H,28,30,33). The molecule has 10 nitrogen and oxygen atoms in total. The van der Waals surface area contributed by atoms with Gasteiger partial charge >= 0.3 is 0 Å². The van der Waals surface area contributed by atoms with Crippen LogP contribution in [0.2, 0.25) is 0 Å². The molecule has 0 amide bonds. The lowest BCUT2D eigenvalue weighted by Gasteiger charge is -2.39. The largest absolute Gasteiger partial charge is 0.457 e. The van der Waals surface area contributed by atoms with Gasteiger partial charge < -0.3 is 20.3 Å². The van der Waals surface area contributed by atoms with E-state index in [0.29, 0.717) is 39.6 Å². The molecule has 1 aromatic carbocycles. The van der Waals surface area contributed by atoms with Gasteiger partial charge in [-0.15, -0.1) is 0 Å². The number of nitrogens with one attached hydrogen (secondary N) is 2. The van der Waals surface area contributed by atoms with E-state index >= 15 is 4.39 Å². The number of pyridine rings is 2. The molecule has 0 bridgehead atoms. The average molecular weight is 500 g/mol. The van der Waals surface area contributed by atoms with Gasteiger partial charge in [0.05, 0.1) is 11.2 Å². The summed E-state index contributed by atoms with van der Waals surface area (Å²) in [6.07, 6.45) is 4.65. The predicted molar refractivity (Wildman–Crippen MR) is 139 cm³/mol. The first kappa shape index (κ1) is 23.0. The van der Waals surface area contributed by atoms with Crippen molar-refractivity contribution >= 4 is 34.0 Å². The van der Waals surface area contributed by atoms with Crippen LogP contribution in [0.1, 0.15) is 19.4 Å². The molecule has 0 unspecified atom stereocenters. The number of rotatable bonds is 5. The fourth-order valence-electron chi connectivity index (χ4n) is 4.52. The Hall–Kier alpha value is -4.38. The first-order chi connectivity index (χ1) is 17.9. The molecule has 4 aromatic heterocycles. The summed E-state index contributed by atoms with van der Waals surface area (Å²) in [4.78, 5) is 20.0. The highest BCUT2D eigenvalue weighted by Crippen LogP contribution is 2.33. The summed E-state index contributed by atoms with van der Waals surface area (Å²) in [6.45, 7) is 8.55. The van der Waals surface area contributed by atoms with Gasteiger partial charge in [0.1, 0.15) is 35.5 Å². The molecule has 1 aliphatic heterocycles. The van der Waals surface area contributed by atoms with Gasteiger partial charge in [0.2, 0.25) is 0 Å². The number of hydrogen-bond donors (Lipinski definition) is 2. The molecule has 1 aliphatic rings. The normalized spacial score (nSPS) is 15.3. The second-order valence-corrected chi connectivity index (χ2v) is 9.69. The molecule has 2 N–H and O–H groups in total. The Morgan fingerprint density at radius 1 is 1.08 bits per heavy atom. The van der Waals surface area contributed by atoms with E-state index in [0.717, 1.165) is 25.5 Å². The number of fused-ring (bicyclic) bond motifs is 2. The molecule has 11 heteroatoms. The Morgan fingerprint density at radius 2 is 1.97 bits per heavy atom. The minimum absolute atomic E-state index is 0.0190.